The zero-order chi connectivity index (χ0) is 12.6. The van der Waals surface area contributed by atoms with Gasteiger partial charge in [-0.15, -0.1) is 0 Å². The van der Waals surface area contributed by atoms with Crippen molar-refractivity contribution in [3.05, 3.63) is 0 Å². The van der Waals surface area contributed by atoms with Gasteiger partial charge in [-0.05, 0) is 19.8 Å². The van der Waals surface area contributed by atoms with Crippen LogP contribution in [-0.2, 0) is 0 Å². The maximum Gasteiger partial charge on any atom is 0.0861 e. The van der Waals surface area contributed by atoms with Crippen LogP contribution in [0.1, 0.15) is 78.1 Å². The van der Waals surface area contributed by atoms with Gasteiger partial charge < -0.3 is 4.48 Å². The first-order valence-corrected chi connectivity index (χ1v) is 8.03. The van der Waals surface area contributed by atoms with E-state index < -0.39 is 0 Å². The van der Waals surface area contributed by atoms with Gasteiger partial charge in [0.25, 0.3) is 0 Å². The molecular weight excluding hydrogens is 206 g/mol. The number of nitrogens with zero attached hydrogens (tertiary/aromatic N) is 1. The Morgan fingerprint density at radius 2 is 1.53 bits per heavy atom. The summed E-state index contributed by atoms with van der Waals surface area (Å²) in [7, 11) is 2.47. The maximum atomic E-state index is 2.47. The minimum absolute atomic E-state index is 0.916. The van der Waals surface area contributed by atoms with Crippen molar-refractivity contribution in [1.29, 1.82) is 0 Å². The van der Waals surface area contributed by atoms with E-state index in [4.69, 9.17) is 0 Å². The molecular formula is C16H34N+. The molecule has 0 saturated carbocycles. The van der Waals surface area contributed by atoms with Crippen LogP contribution in [0.25, 0.3) is 0 Å². The van der Waals surface area contributed by atoms with Crippen LogP contribution in [0.15, 0.2) is 0 Å². The lowest BCUT2D eigenvalue weighted by Gasteiger charge is -2.34. The molecule has 1 saturated heterocycles. The third kappa shape index (κ3) is 5.42. The summed E-state index contributed by atoms with van der Waals surface area (Å²) >= 11 is 0. The molecule has 0 bridgehead atoms. The van der Waals surface area contributed by atoms with E-state index in [1.807, 2.05) is 0 Å². The molecule has 0 aromatic carbocycles. The molecule has 102 valence electrons. The lowest BCUT2D eigenvalue weighted by atomic mass is 10.1. The minimum atomic E-state index is 0.916. The van der Waals surface area contributed by atoms with Gasteiger partial charge in [0.15, 0.2) is 0 Å². The zero-order valence-corrected chi connectivity index (χ0v) is 12.5. The van der Waals surface area contributed by atoms with Crippen molar-refractivity contribution in [3.8, 4) is 0 Å². The van der Waals surface area contributed by atoms with Crippen LogP contribution in [0, 0.1) is 0 Å². The average Bonchev–Trinajstić information content (AvgIpc) is 2.63. The van der Waals surface area contributed by atoms with Crippen molar-refractivity contribution in [2.45, 2.75) is 84.1 Å². The number of rotatable bonds is 9. The average molecular weight is 240 g/mol. The predicted molar refractivity (Wildman–Crippen MR) is 77.2 cm³/mol. The van der Waals surface area contributed by atoms with Gasteiger partial charge in [0.1, 0.15) is 0 Å². The fraction of sp³-hybridized carbons (Fsp3) is 1.00. The molecule has 0 aromatic heterocycles. The van der Waals surface area contributed by atoms with Crippen LogP contribution in [-0.4, -0.2) is 30.7 Å². The molecule has 1 nitrogen and oxygen atoms in total. The number of likely N-dealkylation sites (tertiary alicyclic amines) is 1. The molecule has 0 N–H and O–H groups in total. The summed E-state index contributed by atoms with van der Waals surface area (Å²) in [5, 5.41) is 0. The quantitative estimate of drug-likeness (QED) is 0.403. The molecule has 2 unspecified atom stereocenters. The highest BCUT2D eigenvalue weighted by Gasteiger charge is 2.33. The van der Waals surface area contributed by atoms with Crippen molar-refractivity contribution >= 4 is 0 Å². The van der Waals surface area contributed by atoms with Gasteiger partial charge in [-0.2, -0.15) is 0 Å². The van der Waals surface area contributed by atoms with Gasteiger partial charge in [-0.1, -0.05) is 45.4 Å². The summed E-state index contributed by atoms with van der Waals surface area (Å²) in [5.41, 5.74) is 0. The number of hydrogen-bond donors (Lipinski definition) is 0. The van der Waals surface area contributed by atoms with Crippen LogP contribution in [0.3, 0.4) is 0 Å². The van der Waals surface area contributed by atoms with Crippen molar-refractivity contribution in [3.63, 3.8) is 0 Å². The summed E-state index contributed by atoms with van der Waals surface area (Å²) in [4.78, 5) is 0. The van der Waals surface area contributed by atoms with Gasteiger partial charge in [0.05, 0.1) is 26.2 Å². The molecule has 1 aliphatic rings. The van der Waals surface area contributed by atoms with Crippen molar-refractivity contribution in [2.24, 2.45) is 0 Å². The van der Waals surface area contributed by atoms with Crippen molar-refractivity contribution in [2.75, 3.05) is 20.1 Å². The molecule has 17 heavy (non-hydrogen) atoms. The lowest BCUT2D eigenvalue weighted by Crippen LogP contribution is -2.47. The Kier molecular flexibility index (Phi) is 7.18. The molecule has 2 atom stereocenters. The van der Waals surface area contributed by atoms with Crippen molar-refractivity contribution < 1.29 is 4.48 Å². The number of quaternary nitrogens is 1. The Morgan fingerprint density at radius 3 is 2.06 bits per heavy atom. The zero-order valence-electron chi connectivity index (χ0n) is 12.5. The first-order valence-electron chi connectivity index (χ1n) is 8.03. The molecule has 0 radical (unpaired) electrons. The summed E-state index contributed by atoms with van der Waals surface area (Å²) in [6.07, 6.45) is 14.5. The SMILES string of the molecule is CCCCCCCCCC[N+]1(C)CCCC1C. The highest BCUT2D eigenvalue weighted by Crippen LogP contribution is 2.25. The topological polar surface area (TPSA) is 0 Å². The van der Waals surface area contributed by atoms with E-state index in [1.54, 1.807) is 0 Å². The van der Waals surface area contributed by atoms with E-state index in [1.165, 1.54) is 81.8 Å². The van der Waals surface area contributed by atoms with E-state index in [0.717, 1.165) is 6.04 Å². The second-order valence-corrected chi connectivity index (χ2v) is 6.39. The minimum Gasteiger partial charge on any atom is -0.324 e. The van der Waals surface area contributed by atoms with E-state index in [0.29, 0.717) is 0 Å². The predicted octanol–water partition coefficient (Wildman–Crippen LogP) is 4.76. The van der Waals surface area contributed by atoms with Gasteiger partial charge in [0, 0.05) is 12.8 Å². The standard InChI is InChI=1S/C16H34N/c1-4-5-6-7-8-9-10-11-14-17(3)15-12-13-16(17)2/h16H,4-15H2,1-3H3/q+1. The molecule has 0 aromatic rings. The molecule has 0 amide bonds. The maximum absolute atomic E-state index is 2.47. The Balaban J connectivity index is 1.93. The molecule has 0 aliphatic carbocycles. The highest BCUT2D eigenvalue weighted by molar-refractivity contribution is 4.62. The molecule has 1 heteroatoms. The normalized spacial score (nSPS) is 28.8. The van der Waals surface area contributed by atoms with E-state index in [2.05, 4.69) is 20.9 Å². The molecule has 1 rings (SSSR count). The Hall–Kier alpha value is -0.0400. The Morgan fingerprint density at radius 1 is 0.941 bits per heavy atom. The Labute approximate surface area is 109 Å². The molecule has 0 spiro atoms. The fourth-order valence-electron chi connectivity index (χ4n) is 3.22. The second kappa shape index (κ2) is 8.13. The van der Waals surface area contributed by atoms with E-state index in [9.17, 15) is 0 Å². The van der Waals surface area contributed by atoms with Crippen LogP contribution in [0.4, 0.5) is 0 Å². The van der Waals surface area contributed by atoms with Crippen LogP contribution in [0.2, 0.25) is 0 Å². The monoisotopic (exact) mass is 240 g/mol. The Bertz CT molecular complexity index is 190. The van der Waals surface area contributed by atoms with Gasteiger partial charge in [-0.3, -0.25) is 0 Å². The third-order valence-electron chi connectivity index (χ3n) is 4.88. The molecule has 1 heterocycles. The van der Waals surface area contributed by atoms with Gasteiger partial charge in [-0.25, -0.2) is 0 Å². The van der Waals surface area contributed by atoms with E-state index in [-0.39, 0.29) is 0 Å². The summed E-state index contributed by atoms with van der Waals surface area (Å²) in [6, 6.07) is 0.916. The first-order chi connectivity index (χ1) is 8.19. The smallest absolute Gasteiger partial charge is 0.0861 e. The van der Waals surface area contributed by atoms with E-state index >= 15 is 0 Å². The molecule has 1 aliphatic heterocycles. The highest BCUT2D eigenvalue weighted by atomic mass is 15.4. The number of hydrogen-bond acceptors (Lipinski definition) is 0. The van der Waals surface area contributed by atoms with Gasteiger partial charge in [0.2, 0.25) is 0 Å². The fourth-order valence-corrected chi connectivity index (χ4v) is 3.22. The first kappa shape index (κ1) is 15.0. The van der Waals surface area contributed by atoms with Crippen LogP contribution < -0.4 is 0 Å². The van der Waals surface area contributed by atoms with Crippen LogP contribution >= 0.6 is 0 Å². The van der Waals surface area contributed by atoms with Crippen LogP contribution in [0.5, 0.6) is 0 Å². The summed E-state index contributed by atoms with van der Waals surface area (Å²) < 4.78 is 1.36. The summed E-state index contributed by atoms with van der Waals surface area (Å²) in [5.74, 6) is 0. The largest absolute Gasteiger partial charge is 0.324 e. The third-order valence-corrected chi connectivity index (χ3v) is 4.88. The second-order valence-electron chi connectivity index (χ2n) is 6.39. The van der Waals surface area contributed by atoms with Gasteiger partial charge >= 0.3 is 0 Å². The summed E-state index contributed by atoms with van der Waals surface area (Å²) in [6.45, 7) is 7.59. The van der Waals surface area contributed by atoms with Crippen molar-refractivity contribution in [1.82, 2.24) is 0 Å². The lowest BCUT2D eigenvalue weighted by molar-refractivity contribution is -0.919. The molecule has 1 fully saturated rings. The number of unbranched alkanes of at least 4 members (excludes halogenated alkanes) is 7.